The minimum absolute atomic E-state index is 0.219. The van der Waals surface area contributed by atoms with E-state index in [0.29, 0.717) is 0 Å². The summed E-state index contributed by atoms with van der Waals surface area (Å²) in [7, 11) is 0. The van der Waals surface area contributed by atoms with Crippen LogP contribution in [0.5, 0.6) is 0 Å². The molecule has 0 atom stereocenters. The summed E-state index contributed by atoms with van der Waals surface area (Å²) in [5, 5.41) is 0. The third-order valence-electron chi connectivity index (χ3n) is 0.992. The third-order valence-corrected chi connectivity index (χ3v) is 0.992. The number of aromatic nitrogens is 1. The van der Waals surface area contributed by atoms with Gasteiger partial charge in [0, 0.05) is 6.07 Å². The van der Waals surface area contributed by atoms with Crippen LogP contribution in [0.1, 0.15) is 33.4 Å². The van der Waals surface area contributed by atoms with Crippen LogP contribution >= 0.6 is 0 Å². The largest absolute Gasteiger partial charge is 0.255 e. The van der Waals surface area contributed by atoms with E-state index in [1.165, 1.54) is 6.92 Å². The zero-order valence-corrected chi connectivity index (χ0v) is 8.86. The minimum Gasteiger partial charge on any atom is -0.255 e. The summed E-state index contributed by atoms with van der Waals surface area (Å²) in [4.78, 5) is 3.43. The molecule has 0 bridgehead atoms. The highest BCUT2D eigenvalue weighted by molar-refractivity contribution is 5.05. The molecule has 1 heterocycles. The first-order valence-corrected chi connectivity index (χ1v) is 4.48. The van der Waals surface area contributed by atoms with Crippen LogP contribution in [0.4, 0.5) is 8.78 Å². The van der Waals surface area contributed by atoms with Gasteiger partial charge < -0.3 is 0 Å². The summed E-state index contributed by atoms with van der Waals surface area (Å²) in [5.41, 5.74) is 0.219. The smallest absolute Gasteiger partial charge is 0.147 e. The summed E-state index contributed by atoms with van der Waals surface area (Å²) < 4.78 is 24.3. The van der Waals surface area contributed by atoms with E-state index < -0.39 is 11.6 Å². The first kappa shape index (κ1) is 14.5. The predicted molar refractivity (Wildman–Crippen MR) is 51.6 cm³/mol. The average Bonchev–Trinajstić information content (AvgIpc) is 2.18. The van der Waals surface area contributed by atoms with Gasteiger partial charge in [-0.15, -0.1) is 0 Å². The molecule has 1 rings (SSSR count). The molecule has 0 amide bonds. The molecule has 76 valence electrons. The van der Waals surface area contributed by atoms with Crippen LogP contribution in [0.15, 0.2) is 12.3 Å². The van der Waals surface area contributed by atoms with Crippen molar-refractivity contribution in [1.82, 2.24) is 4.98 Å². The van der Waals surface area contributed by atoms with Crippen LogP contribution < -0.4 is 0 Å². The van der Waals surface area contributed by atoms with Gasteiger partial charge in [-0.05, 0) is 6.92 Å². The summed E-state index contributed by atoms with van der Waals surface area (Å²) in [6.07, 6.45) is 0.985. The number of halogens is 2. The van der Waals surface area contributed by atoms with E-state index in [9.17, 15) is 8.78 Å². The SMILES string of the molecule is CC.CC.Cc1ncc(F)cc1F. The standard InChI is InChI=1S/C6H5F2N.2C2H6/c1-4-6(8)2-5(7)3-9-4;2*1-2/h2-3H,1H3;2*1-2H3. The van der Waals surface area contributed by atoms with Gasteiger partial charge in [0.1, 0.15) is 11.6 Å². The first-order valence-electron chi connectivity index (χ1n) is 4.48. The second-order valence-corrected chi connectivity index (χ2v) is 1.72. The fraction of sp³-hybridized carbons (Fsp3) is 0.500. The minimum atomic E-state index is -0.641. The van der Waals surface area contributed by atoms with Crippen molar-refractivity contribution in [2.45, 2.75) is 34.6 Å². The van der Waals surface area contributed by atoms with Crippen LogP contribution in [0.2, 0.25) is 0 Å². The van der Waals surface area contributed by atoms with E-state index in [0.717, 1.165) is 12.3 Å². The lowest BCUT2D eigenvalue weighted by Gasteiger charge is -1.91. The van der Waals surface area contributed by atoms with Crippen molar-refractivity contribution in [3.05, 3.63) is 29.6 Å². The zero-order valence-electron chi connectivity index (χ0n) is 8.86. The van der Waals surface area contributed by atoms with Crippen molar-refractivity contribution in [2.24, 2.45) is 0 Å². The van der Waals surface area contributed by atoms with E-state index in [2.05, 4.69) is 4.98 Å². The summed E-state index contributed by atoms with van der Waals surface area (Å²) in [6, 6.07) is 0.808. The molecule has 0 aliphatic rings. The molecule has 0 unspecified atom stereocenters. The van der Waals surface area contributed by atoms with E-state index in [1.54, 1.807) is 0 Å². The highest BCUT2D eigenvalue weighted by Gasteiger charge is 1.97. The number of hydrogen-bond donors (Lipinski definition) is 0. The van der Waals surface area contributed by atoms with Crippen molar-refractivity contribution < 1.29 is 8.78 Å². The van der Waals surface area contributed by atoms with Gasteiger partial charge in [-0.2, -0.15) is 0 Å². The van der Waals surface area contributed by atoms with Gasteiger partial charge in [0.15, 0.2) is 0 Å². The molecule has 0 spiro atoms. The van der Waals surface area contributed by atoms with Crippen LogP contribution in [-0.2, 0) is 0 Å². The Morgan fingerprint density at radius 2 is 1.54 bits per heavy atom. The third kappa shape index (κ3) is 6.20. The molecule has 1 aromatic rings. The van der Waals surface area contributed by atoms with E-state index in [4.69, 9.17) is 0 Å². The number of nitrogens with zero attached hydrogens (tertiary/aromatic N) is 1. The topological polar surface area (TPSA) is 12.9 Å². The molecule has 13 heavy (non-hydrogen) atoms. The van der Waals surface area contributed by atoms with Gasteiger partial charge in [0.05, 0.1) is 11.9 Å². The van der Waals surface area contributed by atoms with Crippen LogP contribution in [0.3, 0.4) is 0 Å². The normalized spacial score (nSPS) is 7.62. The molecule has 0 saturated heterocycles. The van der Waals surface area contributed by atoms with Crippen molar-refractivity contribution >= 4 is 0 Å². The Morgan fingerprint density at radius 3 is 1.85 bits per heavy atom. The van der Waals surface area contributed by atoms with Crippen LogP contribution in [0.25, 0.3) is 0 Å². The lowest BCUT2D eigenvalue weighted by Crippen LogP contribution is -1.87. The Labute approximate surface area is 78.8 Å². The molecule has 0 N–H and O–H groups in total. The molecule has 0 saturated carbocycles. The van der Waals surface area contributed by atoms with Gasteiger partial charge in [0.25, 0.3) is 0 Å². The van der Waals surface area contributed by atoms with E-state index >= 15 is 0 Å². The maximum atomic E-state index is 12.3. The molecule has 0 fully saturated rings. The van der Waals surface area contributed by atoms with Gasteiger partial charge in [-0.3, -0.25) is 4.98 Å². The Hall–Kier alpha value is -0.990. The van der Waals surface area contributed by atoms with Crippen LogP contribution in [-0.4, -0.2) is 4.98 Å². The molecule has 0 aliphatic heterocycles. The van der Waals surface area contributed by atoms with Gasteiger partial charge in [-0.25, -0.2) is 8.78 Å². The average molecular weight is 189 g/mol. The van der Waals surface area contributed by atoms with E-state index in [1.807, 2.05) is 27.7 Å². The van der Waals surface area contributed by atoms with E-state index in [-0.39, 0.29) is 5.69 Å². The Morgan fingerprint density at radius 1 is 1.08 bits per heavy atom. The Balaban J connectivity index is 0. The van der Waals surface area contributed by atoms with Crippen molar-refractivity contribution in [1.29, 1.82) is 0 Å². The maximum absolute atomic E-state index is 12.3. The molecule has 0 aromatic carbocycles. The molecule has 1 aromatic heterocycles. The second kappa shape index (κ2) is 9.10. The predicted octanol–water partition coefficient (Wildman–Crippen LogP) is 3.72. The number of rotatable bonds is 0. The lowest BCUT2D eigenvalue weighted by atomic mass is 10.4. The molecular formula is C10H17F2N. The Kier molecular flexibility index (Phi) is 10.2. The zero-order chi connectivity index (χ0) is 10.9. The number of hydrogen-bond acceptors (Lipinski definition) is 1. The fourth-order valence-corrected chi connectivity index (χ4v) is 0.483. The quantitative estimate of drug-likeness (QED) is 0.606. The molecule has 1 nitrogen and oxygen atoms in total. The molecular weight excluding hydrogens is 172 g/mol. The number of pyridine rings is 1. The van der Waals surface area contributed by atoms with Crippen LogP contribution in [0, 0.1) is 18.6 Å². The fourth-order valence-electron chi connectivity index (χ4n) is 0.483. The van der Waals surface area contributed by atoms with Gasteiger partial charge >= 0.3 is 0 Å². The monoisotopic (exact) mass is 189 g/mol. The molecule has 0 aliphatic carbocycles. The van der Waals surface area contributed by atoms with Gasteiger partial charge in [-0.1, -0.05) is 27.7 Å². The summed E-state index contributed by atoms with van der Waals surface area (Å²) in [5.74, 6) is -1.24. The lowest BCUT2D eigenvalue weighted by molar-refractivity contribution is 0.565. The highest BCUT2D eigenvalue weighted by atomic mass is 19.1. The van der Waals surface area contributed by atoms with Gasteiger partial charge in [0.2, 0.25) is 0 Å². The molecule has 3 heteroatoms. The highest BCUT2D eigenvalue weighted by Crippen LogP contribution is 2.02. The summed E-state index contributed by atoms with van der Waals surface area (Å²) >= 11 is 0. The van der Waals surface area contributed by atoms with Crippen molar-refractivity contribution in [3.8, 4) is 0 Å². The second-order valence-electron chi connectivity index (χ2n) is 1.72. The van der Waals surface area contributed by atoms with Crippen molar-refractivity contribution in [2.75, 3.05) is 0 Å². The molecule has 0 radical (unpaired) electrons. The number of aryl methyl sites for hydroxylation is 1. The summed E-state index contributed by atoms with van der Waals surface area (Å²) in [6.45, 7) is 9.48. The maximum Gasteiger partial charge on any atom is 0.147 e. The van der Waals surface area contributed by atoms with Crippen molar-refractivity contribution in [3.63, 3.8) is 0 Å². The Bertz CT molecular complexity index is 224. The first-order chi connectivity index (χ1) is 6.20.